The van der Waals surface area contributed by atoms with Crippen LogP contribution in [0.4, 0.5) is 0 Å². The standard InChI is InChI=1S/C22H24N4O3/c1-13(2)17-7-6-16(21(28)25-17)22(29)26-9-8-18-19(11-26)24-20(23-18)15-5-3-4-14(10-15)12-27/h3-7,10,13,27H,8-9,11-12H2,1-2H3,(H,23,24)(H,25,28). The van der Waals surface area contributed by atoms with Crippen molar-refractivity contribution in [3.05, 3.63) is 75.0 Å². The Kier molecular flexibility index (Phi) is 5.07. The summed E-state index contributed by atoms with van der Waals surface area (Å²) in [6.45, 7) is 4.85. The lowest BCUT2D eigenvalue weighted by Gasteiger charge is -2.26. The van der Waals surface area contributed by atoms with Crippen LogP contribution < -0.4 is 5.56 Å². The molecule has 0 saturated carbocycles. The van der Waals surface area contributed by atoms with E-state index in [1.54, 1.807) is 17.0 Å². The van der Waals surface area contributed by atoms with E-state index < -0.39 is 0 Å². The Morgan fingerprint density at radius 2 is 2.07 bits per heavy atom. The topological polar surface area (TPSA) is 102 Å². The van der Waals surface area contributed by atoms with Crippen molar-refractivity contribution >= 4 is 5.91 Å². The molecular formula is C22H24N4O3. The minimum Gasteiger partial charge on any atom is -0.392 e. The summed E-state index contributed by atoms with van der Waals surface area (Å²) >= 11 is 0. The van der Waals surface area contributed by atoms with Crippen molar-refractivity contribution in [2.24, 2.45) is 0 Å². The number of nitrogens with zero attached hydrogens (tertiary/aromatic N) is 2. The summed E-state index contributed by atoms with van der Waals surface area (Å²) in [4.78, 5) is 37.7. The second-order valence-corrected chi connectivity index (χ2v) is 7.66. The zero-order valence-corrected chi connectivity index (χ0v) is 16.5. The highest BCUT2D eigenvalue weighted by atomic mass is 16.3. The lowest BCUT2D eigenvalue weighted by atomic mass is 10.1. The van der Waals surface area contributed by atoms with Gasteiger partial charge in [0.2, 0.25) is 0 Å². The quantitative estimate of drug-likeness (QED) is 0.635. The number of imidazole rings is 1. The minimum absolute atomic E-state index is 0.0271. The first-order valence-electron chi connectivity index (χ1n) is 9.76. The number of aliphatic hydroxyl groups is 1. The van der Waals surface area contributed by atoms with Crippen molar-refractivity contribution in [2.45, 2.75) is 39.3 Å². The number of H-pyrrole nitrogens is 2. The number of benzene rings is 1. The lowest BCUT2D eigenvalue weighted by molar-refractivity contribution is 0.0730. The average molecular weight is 392 g/mol. The Hall–Kier alpha value is -3.19. The third-order valence-corrected chi connectivity index (χ3v) is 5.29. The SMILES string of the molecule is CC(C)c1ccc(C(=O)N2CCc3nc(-c4cccc(CO)c4)[nH]c3C2)c(=O)[nH]1. The normalized spacial score (nSPS) is 13.6. The second kappa shape index (κ2) is 7.67. The monoisotopic (exact) mass is 392 g/mol. The zero-order valence-electron chi connectivity index (χ0n) is 16.5. The highest BCUT2D eigenvalue weighted by Crippen LogP contribution is 2.24. The molecule has 1 amide bonds. The predicted octanol–water partition coefficient (Wildman–Crippen LogP) is 2.58. The van der Waals surface area contributed by atoms with E-state index in [1.807, 2.05) is 38.1 Å². The van der Waals surface area contributed by atoms with Gasteiger partial charge in [0, 0.05) is 24.2 Å². The van der Waals surface area contributed by atoms with Gasteiger partial charge in [-0.1, -0.05) is 32.0 Å². The molecule has 0 spiro atoms. The van der Waals surface area contributed by atoms with Crippen LogP contribution >= 0.6 is 0 Å². The molecule has 7 nitrogen and oxygen atoms in total. The molecule has 0 atom stereocenters. The third kappa shape index (κ3) is 3.73. The molecule has 1 aliphatic rings. The number of hydrogen-bond acceptors (Lipinski definition) is 4. The molecule has 0 saturated heterocycles. The Morgan fingerprint density at radius 1 is 1.24 bits per heavy atom. The van der Waals surface area contributed by atoms with Crippen LogP contribution in [-0.2, 0) is 19.6 Å². The van der Waals surface area contributed by atoms with Crippen LogP contribution in [0.1, 0.15) is 52.8 Å². The van der Waals surface area contributed by atoms with Crippen molar-refractivity contribution in [3.63, 3.8) is 0 Å². The minimum atomic E-state index is -0.349. The number of aromatic nitrogens is 3. The summed E-state index contributed by atoms with van der Waals surface area (Å²) in [7, 11) is 0. The van der Waals surface area contributed by atoms with E-state index in [9.17, 15) is 14.7 Å². The van der Waals surface area contributed by atoms with Crippen LogP contribution in [0.5, 0.6) is 0 Å². The van der Waals surface area contributed by atoms with Crippen LogP contribution in [0, 0.1) is 0 Å². The Bertz CT molecular complexity index is 1110. The molecule has 7 heteroatoms. The number of rotatable bonds is 4. The fourth-order valence-corrected chi connectivity index (χ4v) is 3.59. The van der Waals surface area contributed by atoms with Crippen molar-refractivity contribution < 1.29 is 9.90 Å². The smallest absolute Gasteiger partial charge is 0.261 e. The Labute approximate surface area is 168 Å². The number of fused-ring (bicyclic) bond motifs is 1. The van der Waals surface area contributed by atoms with Crippen LogP contribution in [0.15, 0.2) is 41.2 Å². The van der Waals surface area contributed by atoms with E-state index >= 15 is 0 Å². The first kappa shape index (κ1) is 19.1. The number of pyridine rings is 1. The lowest BCUT2D eigenvalue weighted by Crippen LogP contribution is -2.38. The molecule has 1 aromatic carbocycles. The molecule has 0 fully saturated rings. The summed E-state index contributed by atoms with van der Waals surface area (Å²) in [6.07, 6.45) is 0.624. The third-order valence-electron chi connectivity index (χ3n) is 5.29. The summed E-state index contributed by atoms with van der Waals surface area (Å²) < 4.78 is 0. The first-order valence-corrected chi connectivity index (χ1v) is 9.76. The maximum absolute atomic E-state index is 12.9. The molecule has 3 N–H and O–H groups in total. The maximum atomic E-state index is 12.9. The van der Waals surface area contributed by atoms with Gasteiger partial charge in [0.15, 0.2) is 0 Å². The number of aliphatic hydroxyl groups excluding tert-OH is 1. The summed E-state index contributed by atoms with van der Waals surface area (Å²) in [6, 6.07) is 11.0. The van der Waals surface area contributed by atoms with E-state index in [1.165, 1.54) is 0 Å². The molecule has 4 rings (SSSR count). The van der Waals surface area contributed by atoms with E-state index in [0.29, 0.717) is 19.5 Å². The second-order valence-electron chi connectivity index (χ2n) is 7.66. The van der Waals surface area contributed by atoms with Crippen molar-refractivity contribution in [3.8, 4) is 11.4 Å². The van der Waals surface area contributed by atoms with Gasteiger partial charge in [0.25, 0.3) is 11.5 Å². The highest BCUT2D eigenvalue weighted by Gasteiger charge is 2.26. The first-order chi connectivity index (χ1) is 14.0. The van der Waals surface area contributed by atoms with Gasteiger partial charge in [-0.05, 0) is 29.7 Å². The van der Waals surface area contributed by atoms with Gasteiger partial charge in [-0.15, -0.1) is 0 Å². The Morgan fingerprint density at radius 3 is 2.79 bits per heavy atom. The van der Waals surface area contributed by atoms with Gasteiger partial charge in [-0.25, -0.2) is 4.98 Å². The summed E-state index contributed by atoms with van der Waals surface area (Å²) in [5.74, 6) is 0.640. The fraction of sp³-hybridized carbons (Fsp3) is 0.318. The van der Waals surface area contributed by atoms with E-state index in [4.69, 9.17) is 0 Å². The van der Waals surface area contributed by atoms with Gasteiger partial charge in [-0.2, -0.15) is 0 Å². The number of amides is 1. The number of nitrogens with one attached hydrogen (secondary N) is 2. The Balaban J connectivity index is 1.56. The van der Waals surface area contributed by atoms with Gasteiger partial charge in [0.1, 0.15) is 11.4 Å². The molecule has 1 aliphatic heterocycles. The molecule has 0 radical (unpaired) electrons. The molecule has 29 heavy (non-hydrogen) atoms. The molecule has 0 aliphatic carbocycles. The van der Waals surface area contributed by atoms with Gasteiger partial charge < -0.3 is 20.0 Å². The molecular weight excluding hydrogens is 368 g/mol. The van der Waals surface area contributed by atoms with Crippen LogP contribution in [0.2, 0.25) is 0 Å². The van der Waals surface area contributed by atoms with Crippen molar-refractivity contribution in [1.82, 2.24) is 19.9 Å². The number of carbonyl (C=O) groups excluding carboxylic acids is 1. The van der Waals surface area contributed by atoms with E-state index in [2.05, 4.69) is 15.0 Å². The summed E-state index contributed by atoms with van der Waals surface area (Å²) in [5.41, 5.74) is 4.15. The van der Waals surface area contributed by atoms with Crippen molar-refractivity contribution in [1.29, 1.82) is 0 Å². The molecule has 0 unspecified atom stereocenters. The predicted molar refractivity (Wildman–Crippen MR) is 110 cm³/mol. The zero-order chi connectivity index (χ0) is 20.5. The fourth-order valence-electron chi connectivity index (χ4n) is 3.59. The van der Waals surface area contributed by atoms with Gasteiger partial charge in [-0.3, -0.25) is 9.59 Å². The highest BCUT2D eigenvalue weighted by molar-refractivity contribution is 5.94. The van der Waals surface area contributed by atoms with E-state index in [-0.39, 0.29) is 29.6 Å². The molecule has 150 valence electrons. The number of hydrogen-bond donors (Lipinski definition) is 3. The van der Waals surface area contributed by atoms with Gasteiger partial charge in [0.05, 0.1) is 24.5 Å². The average Bonchev–Trinajstić information content (AvgIpc) is 3.16. The molecule has 3 aromatic rings. The number of aromatic amines is 2. The van der Waals surface area contributed by atoms with E-state index in [0.717, 1.165) is 34.0 Å². The summed E-state index contributed by atoms with van der Waals surface area (Å²) in [5, 5.41) is 9.34. The van der Waals surface area contributed by atoms with Crippen LogP contribution in [-0.4, -0.2) is 37.4 Å². The van der Waals surface area contributed by atoms with Crippen LogP contribution in [0.3, 0.4) is 0 Å². The van der Waals surface area contributed by atoms with Crippen LogP contribution in [0.25, 0.3) is 11.4 Å². The maximum Gasteiger partial charge on any atom is 0.261 e. The molecule has 0 bridgehead atoms. The van der Waals surface area contributed by atoms with Gasteiger partial charge >= 0.3 is 0 Å². The molecule has 2 aromatic heterocycles. The largest absolute Gasteiger partial charge is 0.392 e. The molecule has 3 heterocycles. The van der Waals surface area contributed by atoms with Crippen molar-refractivity contribution in [2.75, 3.05) is 6.54 Å². The number of carbonyl (C=O) groups is 1.